The molecule has 8 nitrogen and oxygen atoms in total. The summed E-state index contributed by atoms with van der Waals surface area (Å²) < 4.78 is 21.9. The van der Waals surface area contributed by atoms with Crippen LogP contribution in [0.15, 0.2) is 60.7 Å². The number of benzene rings is 3. The number of fused-ring (bicyclic) bond motifs is 1. The molecule has 0 atom stereocenters. The third kappa shape index (κ3) is 6.86. The molecule has 1 heterocycles. The topological polar surface area (TPSA) is 86.3 Å². The molecule has 0 bridgehead atoms. The van der Waals surface area contributed by atoms with Gasteiger partial charge in [-0.25, -0.2) is 0 Å². The lowest BCUT2D eigenvalue weighted by molar-refractivity contribution is -0.121. The summed E-state index contributed by atoms with van der Waals surface area (Å²) in [7, 11) is 3.16. The molecule has 0 aliphatic carbocycles. The maximum atomic E-state index is 12.6. The Morgan fingerprint density at radius 1 is 1.03 bits per heavy atom. The third-order valence-corrected chi connectivity index (χ3v) is 6.13. The molecule has 0 spiro atoms. The van der Waals surface area contributed by atoms with Gasteiger partial charge in [-0.2, -0.15) is 0 Å². The zero-order chi connectivity index (χ0) is 26.2. The zero-order valence-electron chi connectivity index (χ0n) is 20.8. The van der Waals surface area contributed by atoms with E-state index in [0.29, 0.717) is 59.6 Å². The second-order valence-corrected chi connectivity index (χ2v) is 8.85. The highest BCUT2D eigenvalue weighted by atomic mass is 35.5. The van der Waals surface area contributed by atoms with Crippen LogP contribution in [0.2, 0.25) is 5.02 Å². The number of carbonyl (C=O) groups is 2. The summed E-state index contributed by atoms with van der Waals surface area (Å²) in [6.07, 6.45) is 1.45. The molecule has 1 N–H and O–H groups in total. The molecular weight excluding hydrogens is 496 g/mol. The normalized spacial score (nSPS) is 12.4. The van der Waals surface area contributed by atoms with Gasteiger partial charge >= 0.3 is 0 Å². The van der Waals surface area contributed by atoms with E-state index in [9.17, 15) is 9.59 Å². The van der Waals surface area contributed by atoms with Crippen molar-refractivity contribution in [1.29, 1.82) is 0 Å². The molecule has 0 aromatic heterocycles. The molecule has 3 aromatic rings. The summed E-state index contributed by atoms with van der Waals surface area (Å²) in [5.41, 5.74) is 2.18. The number of ether oxygens (including phenoxy) is 4. The summed E-state index contributed by atoms with van der Waals surface area (Å²) in [6, 6.07) is 18.0. The van der Waals surface area contributed by atoms with E-state index in [1.54, 1.807) is 61.6 Å². The van der Waals surface area contributed by atoms with Crippen LogP contribution in [0.25, 0.3) is 0 Å². The van der Waals surface area contributed by atoms with Crippen molar-refractivity contribution in [2.24, 2.45) is 0 Å². The van der Waals surface area contributed by atoms with Crippen LogP contribution in [-0.4, -0.2) is 45.8 Å². The van der Waals surface area contributed by atoms with Crippen molar-refractivity contribution in [3.8, 4) is 23.0 Å². The van der Waals surface area contributed by atoms with Crippen LogP contribution < -0.4 is 29.2 Å². The maximum absolute atomic E-state index is 12.6. The highest BCUT2D eigenvalue weighted by Gasteiger charge is 2.25. The fourth-order valence-corrected chi connectivity index (χ4v) is 4.11. The first-order valence-electron chi connectivity index (χ1n) is 11.9. The van der Waals surface area contributed by atoms with Crippen LogP contribution in [0.1, 0.15) is 18.4 Å². The van der Waals surface area contributed by atoms with Crippen molar-refractivity contribution in [2.45, 2.75) is 19.3 Å². The fraction of sp³-hybridized carbons (Fsp3) is 0.286. The largest absolute Gasteiger partial charge is 0.494 e. The molecule has 1 aliphatic heterocycles. The number of aryl methyl sites for hydroxylation is 1. The quantitative estimate of drug-likeness (QED) is 0.350. The highest BCUT2D eigenvalue weighted by Crippen LogP contribution is 2.35. The van der Waals surface area contributed by atoms with Gasteiger partial charge in [-0.1, -0.05) is 17.7 Å². The van der Waals surface area contributed by atoms with Crippen LogP contribution in [0, 0.1) is 0 Å². The molecule has 0 radical (unpaired) electrons. The molecule has 0 unspecified atom stereocenters. The van der Waals surface area contributed by atoms with Gasteiger partial charge in [0.2, 0.25) is 5.91 Å². The van der Waals surface area contributed by atoms with Gasteiger partial charge in [-0.3, -0.25) is 9.59 Å². The first-order valence-corrected chi connectivity index (χ1v) is 12.3. The third-order valence-electron chi connectivity index (χ3n) is 5.88. The van der Waals surface area contributed by atoms with Gasteiger partial charge in [-0.15, -0.1) is 0 Å². The first kappa shape index (κ1) is 26.2. The van der Waals surface area contributed by atoms with Gasteiger partial charge in [-0.05, 0) is 73.0 Å². The van der Waals surface area contributed by atoms with Crippen molar-refractivity contribution in [2.75, 3.05) is 44.2 Å². The number of halogens is 1. The minimum Gasteiger partial charge on any atom is -0.494 e. The van der Waals surface area contributed by atoms with Crippen molar-refractivity contribution in [1.82, 2.24) is 0 Å². The van der Waals surface area contributed by atoms with Gasteiger partial charge in [0.15, 0.2) is 18.1 Å². The van der Waals surface area contributed by atoms with Gasteiger partial charge in [0.25, 0.3) is 5.91 Å². The lowest BCUT2D eigenvalue weighted by Gasteiger charge is -2.30. The Labute approximate surface area is 221 Å². The Morgan fingerprint density at radius 2 is 1.81 bits per heavy atom. The van der Waals surface area contributed by atoms with E-state index < -0.39 is 0 Å². The maximum Gasteiger partial charge on any atom is 0.265 e. The molecule has 0 saturated carbocycles. The van der Waals surface area contributed by atoms with E-state index in [2.05, 4.69) is 5.32 Å². The van der Waals surface area contributed by atoms with Gasteiger partial charge in [0.05, 0.1) is 26.5 Å². The Morgan fingerprint density at radius 3 is 2.57 bits per heavy atom. The van der Waals surface area contributed by atoms with Crippen LogP contribution in [0.4, 0.5) is 11.4 Å². The van der Waals surface area contributed by atoms with Crippen LogP contribution in [0.3, 0.4) is 0 Å². The monoisotopic (exact) mass is 524 g/mol. The predicted molar refractivity (Wildman–Crippen MR) is 142 cm³/mol. The van der Waals surface area contributed by atoms with Crippen LogP contribution >= 0.6 is 11.6 Å². The minimum absolute atomic E-state index is 0.0257. The van der Waals surface area contributed by atoms with E-state index in [1.165, 1.54) is 0 Å². The van der Waals surface area contributed by atoms with Crippen LogP contribution in [0.5, 0.6) is 23.0 Å². The Balaban J connectivity index is 1.34. The van der Waals surface area contributed by atoms with E-state index in [4.69, 9.17) is 30.5 Å². The Hall–Kier alpha value is -3.91. The molecule has 2 amide bonds. The van der Waals surface area contributed by atoms with Gasteiger partial charge in [0, 0.05) is 23.7 Å². The summed E-state index contributed by atoms with van der Waals surface area (Å²) in [5, 5.41) is 3.56. The number of rotatable bonds is 11. The summed E-state index contributed by atoms with van der Waals surface area (Å²) >= 11 is 5.90. The molecule has 3 aromatic carbocycles. The molecule has 9 heteroatoms. The number of methoxy groups -OCH3 is 2. The first-order chi connectivity index (χ1) is 18.0. The second-order valence-electron chi connectivity index (χ2n) is 8.41. The summed E-state index contributed by atoms with van der Waals surface area (Å²) in [4.78, 5) is 26.9. The minimum atomic E-state index is -0.143. The fourth-order valence-electron chi connectivity index (χ4n) is 3.99. The SMILES string of the molecule is COc1ccc(CCC(=O)Nc2ccc3c(c2)N(CCCOc2ccc(Cl)cc2)C(=O)CO3)cc1OC. The predicted octanol–water partition coefficient (Wildman–Crippen LogP) is 5.12. The standard InChI is InChI=1S/C28H29ClN2O6/c1-34-25-11-4-19(16-26(25)35-2)5-13-27(32)30-21-8-12-24-23(17-21)31(28(33)18-37-24)14-3-15-36-22-9-6-20(29)7-10-22/h4,6-12,16-17H,3,5,13-15,18H2,1-2H3,(H,30,32). The Bertz CT molecular complexity index is 1250. The van der Waals surface area contributed by atoms with Crippen molar-refractivity contribution in [3.63, 3.8) is 0 Å². The molecular formula is C28H29ClN2O6. The molecule has 37 heavy (non-hydrogen) atoms. The Kier molecular flexibility index (Phi) is 8.74. The van der Waals surface area contributed by atoms with Gasteiger partial charge < -0.3 is 29.2 Å². The molecule has 0 saturated heterocycles. The van der Waals surface area contributed by atoms with E-state index in [0.717, 1.165) is 11.3 Å². The number of nitrogens with one attached hydrogen (secondary N) is 1. The highest BCUT2D eigenvalue weighted by molar-refractivity contribution is 6.30. The van der Waals surface area contributed by atoms with Crippen LogP contribution in [-0.2, 0) is 16.0 Å². The zero-order valence-corrected chi connectivity index (χ0v) is 21.5. The molecule has 4 rings (SSSR count). The lowest BCUT2D eigenvalue weighted by Crippen LogP contribution is -2.39. The lowest BCUT2D eigenvalue weighted by atomic mass is 10.1. The average Bonchev–Trinajstić information content (AvgIpc) is 2.91. The van der Waals surface area contributed by atoms with E-state index >= 15 is 0 Å². The van der Waals surface area contributed by atoms with Crippen molar-refractivity contribution >= 4 is 34.8 Å². The smallest absolute Gasteiger partial charge is 0.265 e. The number of anilines is 2. The molecule has 194 valence electrons. The number of hydrogen-bond acceptors (Lipinski definition) is 6. The molecule has 1 aliphatic rings. The number of carbonyl (C=O) groups excluding carboxylic acids is 2. The number of hydrogen-bond donors (Lipinski definition) is 1. The summed E-state index contributed by atoms with van der Waals surface area (Å²) in [5.74, 6) is 2.30. The van der Waals surface area contributed by atoms with E-state index in [-0.39, 0.29) is 24.8 Å². The van der Waals surface area contributed by atoms with Gasteiger partial charge in [0.1, 0.15) is 11.5 Å². The van der Waals surface area contributed by atoms with E-state index in [1.807, 2.05) is 18.2 Å². The summed E-state index contributed by atoms with van der Waals surface area (Å²) in [6.45, 7) is 0.871. The average molecular weight is 525 g/mol. The van der Waals surface area contributed by atoms with Crippen molar-refractivity contribution < 1.29 is 28.5 Å². The van der Waals surface area contributed by atoms with Crippen molar-refractivity contribution in [3.05, 3.63) is 71.2 Å². The second kappa shape index (κ2) is 12.4. The number of nitrogens with zero attached hydrogens (tertiary/aromatic N) is 1. The molecule has 0 fully saturated rings. The number of amides is 2.